The number of aromatic nitrogens is 6. The zero-order valence-corrected chi connectivity index (χ0v) is 23.0. The lowest BCUT2D eigenvalue weighted by molar-refractivity contribution is 0.956. The van der Waals surface area contributed by atoms with Crippen LogP contribution in [0.15, 0.2) is 122 Å². The summed E-state index contributed by atoms with van der Waals surface area (Å²) in [6.07, 6.45) is 3.48. The van der Waals surface area contributed by atoms with Crippen molar-refractivity contribution in [2.45, 2.75) is 0 Å². The van der Waals surface area contributed by atoms with Gasteiger partial charge in [0.15, 0.2) is 11.6 Å². The quantitative estimate of drug-likeness (QED) is 0.218. The molecule has 0 radical (unpaired) electrons. The molecule has 0 spiro atoms. The van der Waals surface area contributed by atoms with Gasteiger partial charge in [-0.25, -0.2) is 4.98 Å². The predicted molar refractivity (Wildman–Crippen MR) is 171 cm³/mol. The second kappa shape index (κ2) is 8.99. The molecule has 0 aliphatic heterocycles. The van der Waals surface area contributed by atoms with E-state index in [1.54, 1.807) is 23.7 Å². The van der Waals surface area contributed by atoms with Crippen molar-refractivity contribution >= 4 is 64.3 Å². The Morgan fingerprint density at radius 2 is 1.12 bits per heavy atom. The Kier molecular flexibility index (Phi) is 4.97. The van der Waals surface area contributed by atoms with Crippen LogP contribution in [0.25, 0.3) is 81.7 Å². The second-order valence-corrected chi connectivity index (χ2v) is 11.2. The molecule has 9 rings (SSSR count). The minimum absolute atomic E-state index is 0.547. The van der Waals surface area contributed by atoms with Crippen molar-refractivity contribution in [1.82, 2.24) is 29.5 Å². The standard InChI is InChI=1S/C35H20N6S/c1-3-9-21(10-4-1)33-38-34(22-11-5-2-6-12-22)40-35(39-33)41-30-24(17-18-27-29(30)37-20-19-36-27)25-15-16-26-23-13-7-8-14-28(23)42-32(26)31(25)41/h1-20H. The smallest absolute Gasteiger partial charge is 0.238 e. The molecule has 0 saturated carbocycles. The van der Waals surface area contributed by atoms with Gasteiger partial charge in [-0.2, -0.15) is 9.97 Å². The number of hydrogen-bond acceptors (Lipinski definition) is 6. The predicted octanol–water partition coefficient (Wildman–Crippen LogP) is 8.61. The van der Waals surface area contributed by atoms with E-state index in [0.717, 1.165) is 44.0 Å². The fourth-order valence-electron chi connectivity index (χ4n) is 5.89. The first-order valence-electron chi connectivity index (χ1n) is 13.7. The fourth-order valence-corrected chi connectivity index (χ4v) is 7.13. The maximum Gasteiger partial charge on any atom is 0.238 e. The highest BCUT2D eigenvalue weighted by Gasteiger charge is 2.23. The summed E-state index contributed by atoms with van der Waals surface area (Å²) in [5, 5.41) is 4.66. The van der Waals surface area contributed by atoms with Crippen molar-refractivity contribution in [1.29, 1.82) is 0 Å². The van der Waals surface area contributed by atoms with Crippen LogP contribution in [0.1, 0.15) is 0 Å². The van der Waals surface area contributed by atoms with E-state index in [4.69, 9.17) is 19.9 Å². The van der Waals surface area contributed by atoms with Gasteiger partial charge in [0.05, 0.1) is 21.3 Å². The first kappa shape index (κ1) is 23.2. The van der Waals surface area contributed by atoms with Gasteiger partial charge in [0, 0.05) is 49.8 Å². The van der Waals surface area contributed by atoms with Crippen LogP contribution in [0.2, 0.25) is 0 Å². The van der Waals surface area contributed by atoms with Gasteiger partial charge in [-0.3, -0.25) is 14.5 Å². The van der Waals surface area contributed by atoms with Gasteiger partial charge in [-0.15, -0.1) is 11.3 Å². The normalized spacial score (nSPS) is 11.8. The molecule has 4 heterocycles. The lowest BCUT2D eigenvalue weighted by Gasteiger charge is -2.11. The summed E-state index contributed by atoms with van der Waals surface area (Å²) in [5.74, 6) is 1.78. The number of rotatable bonds is 3. The van der Waals surface area contributed by atoms with E-state index >= 15 is 0 Å². The van der Waals surface area contributed by atoms with Gasteiger partial charge in [0.25, 0.3) is 0 Å². The minimum atomic E-state index is 0.547. The largest absolute Gasteiger partial charge is 0.274 e. The number of benzene rings is 5. The molecule has 0 atom stereocenters. The molecule has 0 fully saturated rings. The molecule has 9 aromatic rings. The Balaban J connectivity index is 1.49. The second-order valence-electron chi connectivity index (χ2n) is 10.2. The third kappa shape index (κ3) is 3.41. The number of thiophene rings is 1. The Labute approximate surface area is 243 Å². The summed E-state index contributed by atoms with van der Waals surface area (Å²) in [4.78, 5) is 24.7. The summed E-state index contributed by atoms with van der Waals surface area (Å²) in [7, 11) is 0. The Bertz CT molecular complexity index is 2410. The topological polar surface area (TPSA) is 69.4 Å². The van der Waals surface area contributed by atoms with E-state index in [2.05, 4.69) is 52.0 Å². The molecule has 42 heavy (non-hydrogen) atoms. The van der Waals surface area contributed by atoms with Gasteiger partial charge in [-0.05, 0) is 18.2 Å². The monoisotopic (exact) mass is 556 g/mol. The molecule has 5 aromatic carbocycles. The lowest BCUT2D eigenvalue weighted by atomic mass is 10.1. The van der Waals surface area contributed by atoms with Crippen LogP contribution in [0.5, 0.6) is 0 Å². The summed E-state index contributed by atoms with van der Waals surface area (Å²) in [6, 6.07) is 37.4. The third-order valence-electron chi connectivity index (χ3n) is 7.76. The Hall–Kier alpha value is -5.53. The molecule has 4 aromatic heterocycles. The highest BCUT2D eigenvalue weighted by Crippen LogP contribution is 2.43. The van der Waals surface area contributed by atoms with Crippen LogP contribution in [0.4, 0.5) is 0 Å². The molecule has 0 bridgehead atoms. The van der Waals surface area contributed by atoms with Crippen LogP contribution in [-0.2, 0) is 0 Å². The van der Waals surface area contributed by atoms with Crippen LogP contribution in [0.3, 0.4) is 0 Å². The van der Waals surface area contributed by atoms with E-state index in [-0.39, 0.29) is 0 Å². The van der Waals surface area contributed by atoms with Crippen molar-refractivity contribution < 1.29 is 0 Å². The molecule has 0 unspecified atom stereocenters. The van der Waals surface area contributed by atoms with Crippen molar-refractivity contribution in [2.24, 2.45) is 0 Å². The van der Waals surface area contributed by atoms with Crippen LogP contribution >= 0.6 is 11.3 Å². The molecule has 0 N–H and O–H groups in total. The van der Waals surface area contributed by atoms with Crippen LogP contribution in [0, 0.1) is 0 Å². The summed E-state index contributed by atoms with van der Waals surface area (Å²) in [6.45, 7) is 0. The summed E-state index contributed by atoms with van der Waals surface area (Å²) in [5.41, 5.74) is 5.48. The highest BCUT2D eigenvalue weighted by molar-refractivity contribution is 7.26. The van der Waals surface area contributed by atoms with E-state index in [0.29, 0.717) is 17.6 Å². The SMILES string of the molecule is c1ccc(-c2nc(-c3ccccc3)nc(-n3c4c(ccc5nccnc54)c4ccc5c6ccccc6sc5c43)n2)cc1. The van der Waals surface area contributed by atoms with Gasteiger partial charge in [0.1, 0.15) is 5.52 Å². The molecule has 196 valence electrons. The summed E-state index contributed by atoms with van der Waals surface area (Å²) >= 11 is 1.79. The Morgan fingerprint density at radius 3 is 1.88 bits per heavy atom. The molecule has 0 aliphatic carbocycles. The highest BCUT2D eigenvalue weighted by atomic mass is 32.1. The fraction of sp³-hybridized carbons (Fsp3) is 0. The van der Waals surface area contributed by atoms with Crippen molar-refractivity contribution in [2.75, 3.05) is 0 Å². The first-order chi connectivity index (χ1) is 20.8. The van der Waals surface area contributed by atoms with Gasteiger partial charge >= 0.3 is 0 Å². The van der Waals surface area contributed by atoms with Crippen molar-refractivity contribution in [3.63, 3.8) is 0 Å². The van der Waals surface area contributed by atoms with E-state index in [1.165, 1.54) is 20.2 Å². The van der Waals surface area contributed by atoms with E-state index in [9.17, 15) is 0 Å². The van der Waals surface area contributed by atoms with Crippen molar-refractivity contribution in [3.8, 4) is 28.7 Å². The maximum absolute atomic E-state index is 5.14. The molecular weight excluding hydrogens is 536 g/mol. The lowest BCUT2D eigenvalue weighted by Crippen LogP contribution is -2.07. The number of nitrogens with zero attached hydrogens (tertiary/aromatic N) is 6. The van der Waals surface area contributed by atoms with Crippen molar-refractivity contribution in [3.05, 3.63) is 122 Å². The average Bonchev–Trinajstić information content (AvgIpc) is 3.62. The number of hydrogen-bond donors (Lipinski definition) is 0. The first-order valence-corrected chi connectivity index (χ1v) is 14.5. The third-order valence-corrected chi connectivity index (χ3v) is 8.95. The number of fused-ring (bicyclic) bond motifs is 9. The van der Waals surface area contributed by atoms with E-state index in [1.807, 2.05) is 66.7 Å². The van der Waals surface area contributed by atoms with Gasteiger partial charge in [0.2, 0.25) is 5.95 Å². The molecule has 0 amide bonds. The van der Waals surface area contributed by atoms with Gasteiger partial charge in [-0.1, -0.05) is 91.0 Å². The molecule has 6 nitrogen and oxygen atoms in total. The summed E-state index contributed by atoms with van der Waals surface area (Å²) < 4.78 is 4.61. The molecule has 0 aliphatic rings. The minimum Gasteiger partial charge on any atom is -0.274 e. The van der Waals surface area contributed by atoms with Crippen LogP contribution < -0.4 is 0 Å². The zero-order chi connectivity index (χ0) is 27.6. The van der Waals surface area contributed by atoms with Gasteiger partial charge < -0.3 is 0 Å². The molecule has 0 saturated heterocycles. The maximum atomic E-state index is 5.14. The Morgan fingerprint density at radius 1 is 0.500 bits per heavy atom. The van der Waals surface area contributed by atoms with E-state index < -0.39 is 0 Å². The van der Waals surface area contributed by atoms with Crippen LogP contribution in [-0.4, -0.2) is 29.5 Å². The zero-order valence-electron chi connectivity index (χ0n) is 22.1. The molecule has 7 heteroatoms. The molecular formula is C35H20N6S. The average molecular weight is 557 g/mol.